The Labute approximate surface area is 136 Å². The summed E-state index contributed by atoms with van der Waals surface area (Å²) in [5.74, 6) is -0.280. The Hall–Kier alpha value is -2.36. The number of nitrogens with one attached hydrogen (secondary N) is 1. The summed E-state index contributed by atoms with van der Waals surface area (Å²) < 4.78 is 13.1. The summed E-state index contributed by atoms with van der Waals surface area (Å²) in [6.45, 7) is 5.89. The van der Waals surface area contributed by atoms with Gasteiger partial charge >= 0.3 is 6.03 Å². The van der Waals surface area contributed by atoms with E-state index in [-0.39, 0.29) is 17.9 Å². The second kappa shape index (κ2) is 5.69. The van der Waals surface area contributed by atoms with Crippen LogP contribution in [0.3, 0.4) is 0 Å². The van der Waals surface area contributed by atoms with Gasteiger partial charge in [-0.25, -0.2) is 9.18 Å². The smallest absolute Gasteiger partial charge is 0.322 e. The molecule has 0 bridgehead atoms. The van der Waals surface area contributed by atoms with Gasteiger partial charge in [-0.3, -0.25) is 4.90 Å². The molecule has 2 aromatic carbocycles. The molecule has 0 radical (unpaired) electrons. The first-order valence-electron chi connectivity index (χ1n) is 7.84. The Morgan fingerprint density at radius 2 is 1.83 bits per heavy atom. The maximum Gasteiger partial charge on any atom is 0.322 e. The first-order chi connectivity index (χ1) is 10.9. The van der Waals surface area contributed by atoms with Crippen molar-refractivity contribution in [3.05, 3.63) is 65.5 Å². The van der Waals surface area contributed by atoms with Gasteiger partial charge in [-0.1, -0.05) is 30.3 Å². The van der Waals surface area contributed by atoms with E-state index in [9.17, 15) is 9.18 Å². The molecule has 120 valence electrons. The van der Waals surface area contributed by atoms with Crippen LogP contribution in [0.15, 0.2) is 48.5 Å². The average molecular weight is 312 g/mol. The molecule has 2 aromatic rings. The fourth-order valence-electron chi connectivity index (χ4n) is 3.14. The fourth-order valence-corrected chi connectivity index (χ4v) is 3.14. The lowest BCUT2D eigenvalue weighted by Crippen LogP contribution is -2.50. The molecule has 1 aliphatic rings. The fraction of sp³-hybridized carbons (Fsp3) is 0.316. The molecule has 0 spiro atoms. The molecule has 1 aliphatic heterocycles. The third-order valence-electron chi connectivity index (χ3n) is 4.41. The van der Waals surface area contributed by atoms with Gasteiger partial charge in [0.05, 0.1) is 5.54 Å². The number of benzene rings is 2. The lowest BCUT2D eigenvalue weighted by Gasteiger charge is -2.31. The molecule has 3 rings (SSSR count). The van der Waals surface area contributed by atoms with E-state index in [0.717, 1.165) is 17.7 Å². The number of nitrogens with zero attached hydrogens (tertiary/aromatic N) is 1. The molecule has 4 heteroatoms. The van der Waals surface area contributed by atoms with Crippen molar-refractivity contribution in [2.75, 3.05) is 4.90 Å². The molecular formula is C19H21FN2O. The number of halogens is 1. The number of amides is 2. The molecule has 1 atom stereocenters. The molecular weight excluding hydrogens is 291 g/mol. The van der Waals surface area contributed by atoms with Gasteiger partial charge in [0.1, 0.15) is 5.82 Å². The van der Waals surface area contributed by atoms with Crippen LogP contribution in [0.4, 0.5) is 14.9 Å². The molecule has 2 amide bonds. The minimum atomic E-state index is -0.581. The Kier molecular flexibility index (Phi) is 3.84. The minimum Gasteiger partial charge on any atom is -0.329 e. The third-order valence-corrected chi connectivity index (χ3v) is 4.41. The molecule has 1 heterocycles. The maximum atomic E-state index is 13.1. The molecule has 0 fully saturated rings. The number of carbonyl (C=O) groups excluding carboxylic acids is 1. The zero-order valence-corrected chi connectivity index (χ0v) is 13.6. The second-order valence-electron chi connectivity index (χ2n) is 6.61. The maximum absolute atomic E-state index is 13.1. The molecule has 0 aromatic heterocycles. The van der Waals surface area contributed by atoms with Crippen LogP contribution in [0.5, 0.6) is 0 Å². The van der Waals surface area contributed by atoms with Crippen molar-refractivity contribution in [1.82, 2.24) is 5.32 Å². The highest BCUT2D eigenvalue weighted by Crippen LogP contribution is 2.32. The minimum absolute atomic E-state index is 0.122. The van der Waals surface area contributed by atoms with Crippen molar-refractivity contribution >= 4 is 11.7 Å². The van der Waals surface area contributed by atoms with E-state index in [0.29, 0.717) is 0 Å². The van der Waals surface area contributed by atoms with Gasteiger partial charge < -0.3 is 5.32 Å². The third kappa shape index (κ3) is 2.93. The average Bonchev–Trinajstić information content (AvgIpc) is 2.83. The Balaban J connectivity index is 1.82. The quantitative estimate of drug-likeness (QED) is 0.884. The Morgan fingerprint density at radius 3 is 2.52 bits per heavy atom. The van der Waals surface area contributed by atoms with Gasteiger partial charge in [-0.2, -0.15) is 0 Å². The van der Waals surface area contributed by atoms with Crippen LogP contribution in [0.2, 0.25) is 0 Å². The van der Waals surface area contributed by atoms with Gasteiger partial charge in [0, 0.05) is 11.7 Å². The van der Waals surface area contributed by atoms with E-state index in [4.69, 9.17) is 0 Å². The van der Waals surface area contributed by atoms with Crippen LogP contribution < -0.4 is 10.2 Å². The van der Waals surface area contributed by atoms with Crippen LogP contribution >= 0.6 is 0 Å². The largest absolute Gasteiger partial charge is 0.329 e. The summed E-state index contributed by atoms with van der Waals surface area (Å²) in [5, 5.41) is 3.07. The molecule has 0 aliphatic carbocycles. The van der Waals surface area contributed by atoms with E-state index in [1.54, 1.807) is 17.0 Å². The number of para-hydroxylation sites is 1. The number of urea groups is 1. The number of carbonyl (C=O) groups is 1. The van der Waals surface area contributed by atoms with E-state index in [1.165, 1.54) is 17.7 Å². The number of fused-ring (bicyclic) bond motifs is 1. The molecule has 23 heavy (non-hydrogen) atoms. The van der Waals surface area contributed by atoms with Gasteiger partial charge in [-0.15, -0.1) is 0 Å². The highest BCUT2D eigenvalue weighted by molar-refractivity contribution is 5.95. The van der Waals surface area contributed by atoms with E-state index in [1.807, 2.05) is 39.0 Å². The van der Waals surface area contributed by atoms with Crippen LogP contribution in [0.1, 0.15) is 31.9 Å². The molecule has 0 saturated carbocycles. The van der Waals surface area contributed by atoms with Crippen molar-refractivity contribution in [3.8, 4) is 0 Å². The summed E-state index contributed by atoms with van der Waals surface area (Å²) in [5.41, 5.74) is 2.44. The number of anilines is 1. The molecule has 0 saturated heterocycles. The highest BCUT2D eigenvalue weighted by atomic mass is 19.1. The van der Waals surface area contributed by atoms with E-state index >= 15 is 0 Å². The Bertz CT molecular complexity index is 724. The van der Waals surface area contributed by atoms with Crippen LogP contribution in [0.25, 0.3) is 0 Å². The standard InChI is InChI=1S/C19H21FN2O/c1-13-12-14-6-4-5-7-17(14)22(13)18(23)21-19(2,3)15-8-10-16(20)11-9-15/h4-11,13H,12H2,1-3H3,(H,21,23). The first kappa shape index (κ1) is 15.5. The van der Waals surface area contributed by atoms with Gasteiger partial charge in [0.2, 0.25) is 0 Å². The van der Waals surface area contributed by atoms with Crippen molar-refractivity contribution in [1.29, 1.82) is 0 Å². The summed E-state index contributed by atoms with van der Waals surface area (Å²) in [6.07, 6.45) is 0.862. The van der Waals surface area contributed by atoms with Crippen molar-refractivity contribution in [2.24, 2.45) is 0 Å². The zero-order valence-electron chi connectivity index (χ0n) is 13.6. The summed E-state index contributed by atoms with van der Waals surface area (Å²) in [7, 11) is 0. The monoisotopic (exact) mass is 312 g/mol. The molecule has 1 N–H and O–H groups in total. The lowest BCUT2D eigenvalue weighted by molar-refractivity contribution is 0.234. The molecule has 3 nitrogen and oxygen atoms in total. The predicted molar refractivity (Wildman–Crippen MR) is 90.0 cm³/mol. The van der Waals surface area contributed by atoms with E-state index < -0.39 is 5.54 Å². The SMILES string of the molecule is CC1Cc2ccccc2N1C(=O)NC(C)(C)c1ccc(F)cc1. The first-order valence-corrected chi connectivity index (χ1v) is 7.84. The summed E-state index contributed by atoms with van der Waals surface area (Å²) in [6, 6.07) is 14.2. The van der Waals surface area contributed by atoms with Crippen LogP contribution in [-0.2, 0) is 12.0 Å². The number of hydrogen-bond donors (Lipinski definition) is 1. The molecule has 1 unspecified atom stereocenters. The van der Waals surface area contributed by atoms with Crippen molar-refractivity contribution in [3.63, 3.8) is 0 Å². The van der Waals surface area contributed by atoms with Gasteiger partial charge in [0.25, 0.3) is 0 Å². The number of hydrogen-bond acceptors (Lipinski definition) is 1. The normalized spacial score (nSPS) is 17.0. The number of rotatable bonds is 2. The van der Waals surface area contributed by atoms with E-state index in [2.05, 4.69) is 11.4 Å². The van der Waals surface area contributed by atoms with Gasteiger partial charge in [-0.05, 0) is 56.5 Å². The lowest BCUT2D eigenvalue weighted by atomic mass is 9.94. The highest BCUT2D eigenvalue weighted by Gasteiger charge is 2.33. The summed E-state index contributed by atoms with van der Waals surface area (Å²) >= 11 is 0. The van der Waals surface area contributed by atoms with Crippen molar-refractivity contribution < 1.29 is 9.18 Å². The summed E-state index contributed by atoms with van der Waals surface area (Å²) in [4.78, 5) is 14.6. The van der Waals surface area contributed by atoms with Crippen molar-refractivity contribution in [2.45, 2.75) is 38.8 Å². The predicted octanol–water partition coefficient (Wildman–Crippen LogP) is 4.22. The zero-order chi connectivity index (χ0) is 16.6. The van der Waals surface area contributed by atoms with Crippen LogP contribution in [0, 0.1) is 5.82 Å². The Morgan fingerprint density at radius 1 is 1.17 bits per heavy atom. The second-order valence-corrected chi connectivity index (χ2v) is 6.61. The topological polar surface area (TPSA) is 32.3 Å². The van der Waals surface area contributed by atoms with Crippen LogP contribution in [-0.4, -0.2) is 12.1 Å². The van der Waals surface area contributed by atoms with Gasteiger partial charge in [0.15, 0.2) is 0 Å².